The van der Waals surface area contributed by atoms with Crippen LogP contribution in [-0.2, 0) is 17.6 Å². The predicted molar refractivity (Wildman–Crippen MR) is 105 cm³/mol. The Morgan fingerprint density at radius 2 is 1.70 bits per heavy atom. The average molecular weight is 363 g/mol. The van der Waals surface area contributed by atoms with Crippen LogP contribution in [0.25, 0.3) is 11.5 Å². The number of nitrogens with one attached hydrogen (secondary N) is 1. The van der Waals surface area contributed by atoms with Crippen molar-refractivity contribution >= 4 is 5.91 Å². The Balaban J connectivity index is 1.36. The molecule has 3 aromatic rings. The normalized spacial score (nSPS) is 11.9. The number of carbonyl (C=O) groups is 1. The van der Waals surface area contributed by atoms with Crippen molar-refractivity contribution in [3.05, 3.63) is 72.1 Å². The standard InChI is InChI=1S/C22H25N3O2/c1-17(15-16-18-9-4-2-5-10-18)23-20(26)13-8-14-21-24-25-22(27-21)19-11-6-3-7-12-19/h2-7,9-12,17H,8,13-16H2,1H3,(H,23,26). The maximum Gasteiger partial charge on any atom is 0.247 e. The third-order valence-corrected chi connectivity index (χ3v) is 4.40. The van der Waals surface area contributed by atoms with E-state index in [0.29, 0.717) is 31.0 Å². The number of hydrogen-bond donors (Lipinski definition) is 1. The van der Waals surface area contributed by atoms with Crippen molar-refractivity contribution in [3.63, 3.8) is 0 Å². The van der Waals surface area contributed by atoms with Gasteiger partial charge < -0.3 is 9.73 Å². The van der Waals surface area contributed by atoms with E-state index in [0.717, 1.165) is 18.4 Å². The van der Waals surface area contributed by atoms with Crippen LogP contribution in [0.4, 0.5) is 0 Å². The fourth-order valence-corrected chi connectivity index (χ4v) is 2.90. The lowest BCUT2D eigenvalue weighted by Crippen LogP contribution is -2.32. The van der Waals surface area contributed by atoms with Crippen molar-refractivity contribution in [2.75, 3.05) is 0 Å². The molecule has 0 radical (unpaired) electrons. The summed E-state index contributed by atoms with van der Waals surface area (Å²) in [6, 6.07) is 20.2. The smallest absolute Gasteiger partial charge is 0.247 e. The first-order valence-corrected chi connectivity index (χ1v) is 9.42. The van der Waals surface area contributed by atoms with E-state index < -0.39 is 0 Å². The highest BCUT2D eigenvalue weighted by atomic mass is 16.4. The minimum Gasteiger partial charge on any atom is -0.421 e. The number of amides is 1. The molecule has 3 rings (SSSR count). The number of benzene rings is 2. The van der Waals surface area contributed by atoms with Crippen molar-refractivity contribution in [3.8, 4) is 11.5 Å². The molecule has 0 aliphatic rings. The van der Waals surface area contributed by atoms with Crippen molar-refractivity contribution in [1.29, 1.82) is 0 Å². The summed E-state index contributed by atoms with van der Waals surface area (Å²) in [7, 11) is 0. The lowest BCUT2D eigenvalue weighted by molar-refractivity contribution is -0.121. The number of rotatable bonds is 9. The average Bonchev–Trinajstić information content (AvgIpc) is 3.17. The van der Waals surface area contributed by atoms with Crippen LogP contribution in [-0.4, -0.2) is 22.1 Å². The molecular weight excluding hydrogens is 338 g/mol. The predicted octanol–water partition coefficient (Wildman–Crippen LogP) is 4.20. The Labute approximate surface area is 159 Å². The lowest BCUT2D eigenvalue weighted by Gasteiger charge is -2.13. The molecular formula is C22H25N3O2. The summed E-state index contributed by atoms with van der Waals surface area (Å²) in [4.78, 5) is 12.1. The first-order valence-electron chi connectivity index (χ1n) is 9.42. The Morgan fingerprint density at radius 3 is 2.44 bits per heavy atom. The van der Waals surface area contributed by atoms with Crippen molar-refractivity contribution in [2.45, 2.75) is 45.1 Å². The lowest BCUT2D eigenvalue weighted by atomic mass is 10.1. The van der Waals surface area contributed by atoms with E-state index in [1.54, 1.807) is 0 Å². The van der Waals surface area contributed by atoms with Gasteiger partial charge in [0, 0.05) is 24.4 Å². The number of nitrogens with zero attached hydrogens (tertiary/aromatic N) is 2. The van der Waals surface area contributed by atoms with E-state index >= 15 is 0 Å². The summed E-state index contributed by atoms with van der Waals surface area (Å²) in [5.74, 6) is 1.15. The van der Waals surface area contributed by atoms with Gasteiger partial charge in [0.05, 0.1) is 0 Å². The van der Waals surface area contributed by atoms with Crippen molar-refractivity contribution < 1.29 is 9.21 Å². The highest BCUT2D eigenvalue weighted by Crippen LogP contribution is 2.17. The topological polar surface area (TPSA) is 68.0 Å². The second-order valence-corrected chi connectivity index (χ2v) is 6.71. The summed E-state index contributed by atoms with van der Waals surface area (Å²) in [6.45, 7) is 2.05. The monoisotopic (exact) mass is 363 g/mol. The fourth-order valence-electron chi connectivity index (χ4n) is 2.90. The molecule has 27 heavy (non-hydrogen) atoms. The van der Waals surface area contributed by atoms with Crippen molar-refractivity contribution in [1.82, 2.24) is 15.5 Å². The summed E-state index contributed by atoms with van der Waals surface area (Å²) >= 11 is 0. The molecule has 0 saturated carbocycles. The maximum atomic E-state index is 12.1. The molecule has 2 aromatic carbocycles. The van der Waals surface area contributed by atoms with Crippen LogP contribution in [0, 0.1) is 0 Å². The first-order chi connectivity index (χ1) is 13.2. The molecule has 1 amide bonds. The third kappa shape index (κ3) is 6.06. The summed E-state index contributed by atoms with van der Waals surface area (Å²) < 4.78 is 5.67. The molecule has 0 saturated heterocycles. The molecule has 0 fully saturated rings. The minimum atomic E-state index is 0.0679. The van der Waals surface area contributed by atoms with Gasteiger partial charge in [-0.25, -0.2) is 0 Å². The molecule has 0 spiro atoms. The highest BCUT2D eigenvalue weighted by Gasteiger charge is 2.11. The van der Waals surface area contributed by atoms with Gasteiger partial charge >= 0.3 is 0 Å². The number of hydrogen-bond acceptors (Lipinski definition) is 4. The molecule has 1 atom stereocenters. The van der Waals surface area contributed by atoms with Crippen LogP contribution in [0.3, 0.4) is 0 Å². The van der Waals surface area contributed by atoms with Crippen LogP contribution in [0.1, 0.15) is 37.6 Å². The van der Waals surface area contributed by atoms with Crippen LogP contribution >= 0.6 is 0 Å². The van der Waals surface area contributed by atoms with Gasteiger partial charge in [-0.1, -0.05) is 48.5 Å². The molecule has 0 aliphatic heterocycles. The Morgan fingerprint density at radius 1 is 1.00 bits per heavy atom. The van der Waals surface area contributed by atoms with Crippen LogP contribution in [0.2, 0.25) is 0 Å². The summed E-state index contributed by atoms with van der Waals surface area (Å²) in [5.41, 5.74) is 2.20. The maximum absolute atomic E-state index is 12.1. The third-order valence-electron chi connectivity index (χ3n) is 4.40. The highest BCUT2D eigenvalue weighted by molar-refractivity contribution is 5.76. The first kappa shape index (κ1) is 18.8. The van der Waals surface area contributed by atoms with E-state index in [1.165, 1.54) is 5.56 Å². The van der Waals surface area contributed by atoms with Crippen molar-refractivity contribution in [2.24, 2.45) is 0 Å². The Kier molecular flexibility index (Phi) is 6.74. The van der Waals surface area contributed by atoms with Crippen LogP contribution in [0.15, 0.2) is 65.1 Å². The molecule has 0 aliphatic carbocycles. The second-order valence-electron chi connectivity index (χ2n) is 6.71. The van der Waals surface area contributed by atoms with E-state index in [-0.39, 0.29) is 11.9 Å². The SMILES string of the molecule is CC(CCc1ccccc1)NC(=O)CCCc1nnc(-c2ccccc2)o1. The van der Waals surface area contributed by atoms with Gasteiger partial charge in [0.1, 0.15) is 0 Å². The van der Waals surface area contributed by atoms with E-state index in [9.17, 15) is 4.79 Å². The van der Waals surface area contributed by atoms with Gasteiger partial charge in [-0.15, -0.1) is 10.2 Å². The zero-order valence-electron chi connectivity index (χ0n) is 15.6. The van der Waals surface area contributed by atoms with E-state index in [4.69, 9.17) is 4.42 Å². The molecule has 1 N–H and O–H groups in total. The number of carbonyl (C=O) groups excluding carboxylic acids is 1. The van der Waals surface area contributed by atoms with E-state index in [2.05, 4.69) is 27.6 Å². The van der Waals surface area contributed by atoms with Gasteiger partial charge in [0.15, 0.2) is 0 Å². The molecule has 1 heterocycles. The molecule has 1 unspecified atom stereocenters. The second kappa shape index (κ2) is 9.67. The fraction of sp³-hybridized carbons (Fsp3) is 0.318. The summed E-state index contributed by atoms with van der Waals surface area (Å²) in [5, 5.41) is 11.2. The molecule has 5 heteroatoms. The number of aromatic nitrogens is 2. The van der Waals surface area contributed by atoms with Gasteiger partial charge in [-0.05, 0) is 43.9 Å². The zero-order valence-corrected chi connectivity index (χ0v) is 15.6. The Bertz CT molecular complexity index is 831. The molecule has 0 bridgehead atoms. The van der Waals surface area contributed by atoms with Gasteiger partial charge in [-0.2, -0.15) is 0 Å². The van der Waals surface area contributed by atoms with Crippen LogP contribution < -0.4 is 5.32 Å². The Hall–Kier alpha value is -2.95. The quantitative estimate of drug-likeness (QED) is 0.619. The number of aryl methyl sites for hydroxylation is 2. The van der Waals surface area contributed by atoms with Gasteiger partial charge in [0.25, 0.3) is 0 Å². The zero-order chi connectivity index (χ0) is 18.9. The minimum absolute atomic E-state index is 0.0679. The van der Waals surface area contributed by atoms with Crippen LogP contribution in [0.5, 0.6) is 0 Å². The van der Waals surface area contributed by atoms with E-state index in [1.807, 2.05) is 55.5 Å². The molecule has 5 nitrogen and oxygen atoms in total. The van der Waals surface area contributed by atoms with Gasteiger partial charge in [-0.3, -0.25) is 4.79 Å². The largest absolute Gasteiger partial charge is 0.421 e. The summed E-state index contributed by atoms with van der Waals surface area (Å²) in [6.07, 6.45) is 3.64. The molecule has 140 valence electrons. The molecule has 1 aromatic heterocycles. The van der Waals surface area contributed by atoms with Gasteiger partial charge in [0.2, 0.25) is 17.7 Å².